The topological polar surface area (TPSA) is 29.4 Å². The van der Waals surface area contributed by atoms with Crippen molar-refractivity contribution in [3.05, 3.63) is 0 Å². The lowest BCUT2D eigenvalue weighted by Crippen LogP contribution is -2.29. The molecule has 1 fully saturated rings. The molecule has 1 aliphatic rings. The Labute approximate surface area is 61.3 Å². The van der Waals surface area contributed by atoms with E-state index in [1.807, 2.05) is 6.92 Å². The van der Waals surface area contributed by atoms with Crippen molar-refractivity contribution in [3.63, 3.8) is 0 Å². The average Bonchev–Trinajstić information content (AvgIpc) is 1.88. The van der Waals surface area contributed by atoms with Crippen LogP contribution in [0.15, 0.2) is 4.99 Å². The lowest BCUT2D eigenvalue weighted by molar-refractivity contribution is -0.121. The van der Waals surface area contributed by atoms with Gasteiger partial charge in [-0.3, -0.25) is 9.79 Å². The number of nitrogens with zero attached hydrogens (tertiary/aromatic N) is 1. The van der Waals surface area contributed by atoms with E-state index in [4.69, 9.17) is 0 Å². The first-order chi connectivity index (χ1) is 4.66. The highest BCUT2D eigenvalue weighted by atomic mass is 16.1. The molecule has 2 nitrogen and oxygen atoms in total. The van der Waals surface area contributed by atoms with Gasteiger partial charge in [0.1, 0.15) is 5.78 Å². The van der Waals surface area contributed by atoms with Crippen LogP contribution in [0.3, 0.4) is 0 Å². The van der Waals surface area contributed by atoms with Crippen LogP contribution in [0.25, 0.3) is 0 Å². The van der Waals surface area contributed by atoms with Crippen molar-refractivity contribution in [1.29, 1.82) is 0 Å². The zero-order valence-corrected chi connectivity index (χ0v) is 6.39. The normalized spacial score (nSPS) is 33.9. The van der Waals surface area contributed by atoms with Gasteiger partial charge in [0.15, 0.2) is 0 Å². The van der Waals surface area contributed by atoms with E-state index >= 15 is 0 Å². The predicted octanol–water partition coefficient (Wildman–Crippen LogP) is 1.59. The minimum atomic E-state index is -0.144. The number of hydrogen-bond acceptors (Lipinski definition) is 2. The highest BCUT2D eigenvalue weighted by Crippen LogP contribution is 2.28. The SMILES string of the molecule is C=NC1(C)CCCC(=O)C1. The maximum absolute atomic E-state index is 10.9. The van der Waals surface area contributed by atoms with Gasteiger partial charge in [0.25, 0.3) is 0 Å². The molecule has 0 aromatic rings. The summed E-state index contributed by atoms with van der Waals surface area (Å²) in [4.78, 5) is 14.9. The zero-order valence-electron chi connectivity index (χ0n) is 6.39. The molecule has 1 saturated carbocycles. The first kappa shape index (κ1) is 7.45. The van der Waals surface area contributed by atoms with Gasteiger partial charge < -0.3 is 0 Å². The summed E-state index contributed by atoms with van der Waals surface area (Å²) in [7, 11) is 0. The highest BCUT2D eigenvalue weighted by molar-refractivity contribution is 5.80. The molecule has 0 aromatic carbocycles. The maximum atomic E-state index is 10.9. The van der Waals surface area contributed by atoms with Crippen LogP contribution in [0.2, 0.25) is 0 Å². The van der Waals surface area contributed by atoms with Gasteiger partial charge in [0.2, 0.25) is 0 Å². The quantitative estimate of drug-likeness (QED) is 0.507. The fraction of sp³-hybridized carbons (Fsp3) is 0.750. The maximum Gasteiger partial charge on any atom is 0.135 e. The molecule has 0 amide bonds. The lowest BCUT2D eigenvalue weighted by atomic mass is 9.83. The van der Waals surface area contributed by atoms with Crippen LogP contribution in [-0.2, 0) is 4.79 Å². The van der Waals surface area contributed by atoms with E-state index in [-0.39, 0.29) is 5.54 Å². The van der Waals surface area contributed by atoms with Crippen molar-refractivity contribution < 1.29 is 4.79 Å². The van der Waals surface area contributed by atoms with Crippen molar-refractivity contribution in [2.24, 2.45) is 4.99 Å². The smallest absolute Gasteiger partial charge is 0.135 e. The van der Waals surface area contributed by atoms with E-state index < -0.39 is 0 Å². The zero-order chi connectivity index (χ0) is 7.61. The largest absolute Gasteiger partial charge is 0.300 e. The molecule has 0 N–H and O–H groups in total. The molecule has 0 bridgehead atoms. The third kappa shape index (κ3) is 1.43. The van der Waals surface area contributed by atoms with Gasteiger partial charge in [-0.15, -0.1) is 0 Å². The Morgan fingerprint density at radius 1 is 1.70 bits per heavy atom. The summed E-state index contributed by atoms with van der Waals surface area (Å²) in [6.45, 7) is 5.49. The third-order valence-corrected chi connectivity index (χ3v) is 2.13. The van der Waals surface area contributed by atoms with Crippen LogP contribution in [0.4, 0.5) is 0 Å². The van der Waals surface area contributed by atoms with Crippen molar-refractivity contribution in [1.82, 2.24) is 0 Å². The summed E-state index contributed by atoms with van der Waals surface area (Å²) in [6, 6.07) is 0. The van der Waals surface area contributed by atoms with Crippen LogP contribution in [0.1, 0.15) is 32.6 Å². The third-order valence-electron chi connectivity index (χ3n) is 2.13. The summed E-state index contributed by atoms with van der Waals surface area (Å²) in [5, 5.41) is 0. The molecule has 0 saturated heterocycles. The van der Waals surface area contributed by atoms with E-state index in [9.17, 15) is 4.79 Å². The standard InChI is InChI=1S/C8H13NO/c1-8(9-2)5-3-4-7(10)6-8/h2-6H2,1H3. The summed E-state index contributed by atoms with van der Waals surface area (Å²) in [5.74, 6) is 0.334. The number of Topliss-reactive ketones (excluding diaryl/α,β-unsaturated/α-hetero) is 1. The lowest BCUT2D eigenvalue weighted by Gasteiger charge is -2.27. The molecule has 0 spiro atoms. The Kier molecular flexibility index (Phi) is 1.88. The minimum Gasteiger partial charge on any atom is -0.300 e. The van der Waals surface area contributed by atoms with Gasteiger partial charge in [-0.1, -0.05) is 0 Å². The van der Waals surface area contributed by atoms with E-state index in [2.05, 4.69) is 11.7 Å². The molecule has 0 radical (unpaired) electrons. The Hall–Kier alpha value is -0.660. The van der Waals surface area contributed by atoms with Gasteiger partial charge in [-0.05, 0) is 26.5 Å². The van der Waals surface area contributed by atoms with E-state index in [1.54, 1.807) is 0 Å². The summed E-state index contributed by atoms with van der Waals surface area (Å²) in [5.41, 5.74) is -0.144. The molecule has 1 atom stereocenters. The number of carbonyl (C=O) groups excluding carboxylic acids is 1. The minimum absolute atomic E-state index is 0.144. The van der Waals surface area contributed by atoms with Gasteiger partial charge in [0.05, 0.1) is 5.54 Å². The average molecular weight is 139 g/mol. The Morgan fingerprint density at radius 3 is 2.80 bits per heavy atom. The van der Waals surface area contributed by atoms with Gasteiger partial charge in [0, 0.05) is 12.8 Å². The van der Waals surface area contributed by atoms with Gasteiger partial charge >= 0.3 is 0 Å². The first-order valence-electron chi connectivity index (χ1n) is 3.66. The van der Waals surface area contributed by atoms with Crippen molar-refractivity contribution in [2.45, 2.75) is 38.1 Å². The van der Waals surface area contributed by atoms with E-state index in [0.717, 1.165) is 19.3 Å². The number of rotatable bonds is 1. The van der Waals surface area contributed by atoms with Crippen molar-refractivity contribution >= 4 is 12.5 Å². The van der Waals surface area contributed by atoms with Crippen LogP contribution in [0.5, 0.6) is 0 Å². The molecule has 2 heteroatoms. The van der Waals surface area contributed by atoms with Crippen LogP contribution in [0, 0.1) is 0 Å². The van der Waals surface area contributed by atoms with Crippen molar-refractivity contribution in [2.75, 3.05) is 0 Å². The number of ketones is 1. The van der Waals surface area contributed by atoms with Crippen LogP contribution < -0.4 is 0 Å². The Bertz CT molecular complexity index is 165. The number of aliphatic imine (C=N–C) groups is 1. The second kappa shape index (κ2) is 2.52. The van der Waals surface area contributed by atoms with E-state index in [1.165, 1.54) is 0 Å². The molecule has 56 valence electrons. The fourth-order valence-electron chi connectivity index (χ4n) is 1.40. The molecule has 0 aliphatic heterocycles. The number of carbonyl (C=O) groups is 1. The molecule has 0 heterocycles. The highest BCUT2D eigenvalue weighted by Gasteiger charge is 2.29. The Balaban J connectivity index is 2.61. The molecular formula is C8H13NO. The molecule has 10 heavy (non-hydrogen) atoms. The molecule has 1 unspecified atom stereocenters. The molecule has 1 aliphatic carbocycles. The van der Waals surface area contributed by atoms with Gasteiger partial charge in [-0.25, -0.2) is 0 Å². The Morgan fingerprint density at radius 2 is 2.40 bits per heavy atom. The van der Waals surface area contributed by atoms with E-state index in [0.29, 0.717) is 12.2 Å². The fourth-order valence-corrected chi connectivity index (χ4v) is 1.40. The van der Waals surface area contributed by atoms with Crippen LogP contribution in [-0.4, -0.2) is 18.0 Å². The molecule has 1 rings (SSSR count). The summed E-state index contributed by atoms with van der Waals surface area (Å²) in [6.07, 6.45) is 3.33. The van der Waals surface area contributed by atoms with Crippen molar-refractivity contribution in [3.8, 4) is 0 Å². The molecule has 0 aromatic heterocycles. The second-order valence-corrected chi connectivity index (χ2v) is 3.22. The monoisotopic (exact) mass is 139 g/mol. The summed E-state index contributed by atoms with van der Waals surface area (Å²) < 4.78 is 0. The number of hydrogen-bond donors (Lipinski definition) is 0. The van der Waals surface area contributed by atoms with Gasteiger partial charge in [-0.2, -0.15) is 0 Å². The second-order valence-electron chi connectivity index (χ2n) is 3.22. The first-order valence-corrected chi connectivity index (χ1v) is 3.66. The predicted molar refractivity (Wildman–Crippen MR) is 41.4 cm³/mol. The molecular weight excluding hydrogens is 126 g/mol. The summed E-state index contributed by atoms with van der Waals surface area (Å²) >= 11 is 0. The van der Waals surface area contributed by atoms with Crippen LogP contribution >= 0.6 is 0 Å².